The first-order valence-corrected chi connectivity index (χ1v) is 15.9. The number of hydrogen-bond acceptors (Lipinski definition) is 11. The summed E-state index contributed by atoms with van der Waals surface area (Å²) < 4.78 is 42.2. The molecule has 1 heterocycles. The SMILES string of the molecule is COc1ccc(C(OC[C@H]2O[C@@H](OCCCN)[C@H](NC(C)=O)[C@@H](OC(C)O)[C@H]2OC(C)=O)(c2ccccc2)c2ccc(OC)cc2)cc1. The standard InChI is InChI=1S/C36H46N2O10/c1-23(39)38-32-34(47-25(3)41)33(46-24(2)40)31(48-35(32)44-21-9-20-37)22-45-36(26-10-7-6-8-11-26,27-12-16-29(42-4)17-13-27)28-14-18-30(43-5)19-15-28/h6-8,10-19,25,31-35,41H,9,20-22,37H2,1-5H3,(H,38,39)/t25?,31-,32-,33+,34-,35-/m1/s1. The van der Waals surface area contributed by atoms with Crippen LogP contribution < -0.4 is 20.5 Å². The zero-order chi connectivity index (χ0) is 34.7. The van der Waals surface area contributed by atoms with Crippen molar-refractivity contribution >= 4 is 11.9 Å². The van der Waals surface area contributed by atoms with Crippen molar-refractivity contribution in [2.45, 2.75) is 69.7 Å². The number of benzene rings is 3. The van der Waals surface area contributed by atoms with Crippen LogP contribution in [0, 0.1) is 0 Å². The Morgan fingerprint density at radius 3 is 1.94 bits per heavy atom. The van der Waals surface area contributed by atoms with E-state index in [1.54, 1.807) is 14.2 Å². The van der Waals surface area contributed by atoms with E-state index in [9.17, 15) is 14.7 Å². The lowest BCUT2D eigenvalue weighted by Crippen LogP contribution is -2.67. The Hall–Kier alpha value is -4.04. The van der Waals surface area contributed by atoms with E-state index in [4.69, 9.17) is 38.9 Å². The maximum Gasteiger partial charge on any atom is 0.303 e. The highest BCUT2D eigenvalue weighted by Gasteiger charge is 2.51. The number of carbonyl (C=O) groups excluding carboxylic acids is 2. The van der Waals surface area contributed by atoms with Gasteiger partial charge >= 0.3 is 5.97 Å². The summed E-state index contributed by atoms with van der Waals surface area (Å²) in [5, 5.41) is 13.2. The molecule has 12 heteroatoms. The molecule has 1 aliphatic rings. The number of aliphatic hydroxyl groups excluding tert-OH is 1. The van der Waals surface area contributed by atoms with Crippen LogP contribution in [0.1, 0.15) is 43.9 Å². The van der Waals surface area contributed by atoms with Gasteiger partial charge < -0.3 is 49.3 Å². The molecule has 0 radical (unpaired) electrons. The molecular formula is C36H46N2O10. The van der Waals surface area contributed by atoms with E-state index in [1.165, 1.54) is 20.8 Å². The van der Waals surface area contributed by atoms with Gasteiger partial charge in [0, 0.05) is 13.8 Å². The number of hydrogen-bond donors (Lipinski definition) is 3. The van der Waals surface area contributed by atoms with Crippen LogP contribution in [0.2, 0.25) is 0 Å². The maximum absolute atomic E-state index is 12.5. The van der Waals surface area contributed by atoms with Crippen molar-refractivity contribution < 1.29 is 47.9 Å². The number of ether oxygens (including phenoxy) is 7. The second kappa shape index (κ2) is 17.4. The van der Waals surface area contributed by atoms with Gasteiger partial charge in [0.25, 0.3) is 0 Å². The zero-order valence-corrected chi connectivity index (χ0v) is 28.0. The molecule has 1 saturated heterocycles. The minimum Gasteiger partial charge on any atom is -0.497 e. The van der Waals surface area contributed by atoms with E-state index in [2.05, 4.69) is 5.32 Å². The Morgan fingerprint density at radius 1 is 0.896 bits per heavy atom. The van der Waals surface area contributed by atoms with Crippen molar-refractivity contribution in [1.29, 1.82) is 0 Å². The van der Waals surface area contributed by atoms with E-state index in [0.29, 0.717) is 24.5 Å². The fourth-order valence-corrected chi connectivity index (χ4v) is 5.86. The third-order valence-corrected chi connectivity index (χ3v) is 7.94. The number of aliphatic hydroxyl groups is 1. The van der Waals surface area contributed by atoms with Crippen molar-refractivity contribution in [3.8, 4) is 11.5 Å². The minimum absolute atomic E-state index is 0.145. The summed E-state index contributed by atoms with van der Waals surface area (Å²) in [6.45, 7) is 4.47. The Kier molecular flexibility index (Phi) is 13.3. The number of methoxy groups -OCH3 is 2. The van der Waals surface area contributed by atoms with Gasteiger partial charge in [-0.05, 0) is 60.8 Å². The normalized spacial score (nSPS) is 21.6. The molecule has 48 heavy (non-hydrogen) atoms. The van der Waals surface area contributed by atoms with Gasteiger partial charge in [-0.15, -0.1) is 0 Å². The first-order chi connectivity index (χ1) is 23.1. The fourth-order valence-electron chi connectivity index (χ4n) is 5.86. The van der Waals surface area contributed by atoms with Crippen LogP contribution in [0.15, 0.2) is 78.9 Å². The van der Waals surface area contributed by atoms with Crippen LogP contribution in [0.5, 0.6) is 11.5 Å². The molecule has 0 aromatic heterocycles. The Labute approximate surface area is 281 Å². The van der Waals surface area contributed by atoms with E-state index in [1.807, 2.05) is 78.9 Å². The lowest BCUT2D eigenvalue weighted by molar-refractivity contribution is -0.300. The highest BCUT2D eigenvalue weighted by Crippen LogP contribution is 2.42. The summed E-state index contributed by atoms with van der Waals surface area (Å²) in [6.07, 6.45) is -4.99. The molecule has 3 aromatic rings. The second-order valence-electron chi connectivity index (χ2n) is 11.4. The van der Waals surface area contributed by atoms with Gasteiger partial charge in [0.05, 0.1) is 27.4 Å². The van der Waals surface area contributed by atoms with Crippen LogP contribution in [-0.4, -0.2) is 87.9 Å². The number of amides is 1. The predicted molar refractivity (Wildman–Crippen MR) is 176 cm³/mol. The summed E-state index contributed by atoms with van der Waals surface area (Å²) in [6, 6.07) is 23.8. The second-order valence-corrected chi connectivity index (χ2v) is 11.4. The van der Waals surface area contributed by atoms with Gasteiger partial charge in [0.2, 0.25) is 5.91 Å². The van der Waals surface area contributed by atoms with Crippen LogP contribution in [-0.2, 0) is 38.9 Å². The molecule has 260 valence electrons. The molecule has 1 fully saturated rings. The molecule has 1 unspecified atom stereocenters. The summed E-state index contributed by atoms with van der Waals surface area (Å²) >= 11 is 0. The summed E-state index contributed by atoms with van der Waals surface area (Å²) in [4.78, 5) is 24.8. The van der Waals surface area contributed by atoms with Crippen LogP contribution in [0.25, 0.3) is 0 Å². The molecule has 4 N–H and O–H groups in total. The molecule has 6 atom stereocenters. The Morgan fingerprint density at radius 2 is 1.46 bits per heavy atom. The summed E-state index contributed by atoms with van der Waals surface area (Å²) in [5.41, 5.74) is 6.87. The molecule has 0 aliphatic carbocycles. The topological polar surface area (TPSA) is 157 Å². The monoisotopic (exact) mass is 666 g/mol. The van der Waals surface area contributed by atoms with Gasteiger partial charge in [-0.1, -0.05) is 54.6 Å². The van der Waals surface area contributed by atoms with E-state index in [0.717, 1.165) is 16.7 Å². The number of carbonyl (C=O) groups is 2. The number of nitrogens with one attached hydrogen (secondary N) is 1. The number of esters is 1. The molecule has 1 aliphatic heterocycles. The average Bonchev–Trinajstić information content (AvgIpc) is 3.08. The quantitative estimate of drug-likeness (QED) is 0.0893. The Balaban J connectivity index is 1.85. The largest absolute Gasteiger partial charge is 0.497 e. The van der Waals surface area contributed by atoms with Gasteiger partial charge in [0.1, 0.15) is 35.3 Å². The average molecular weight is 667 g/mol. The third-order valence-electron chi connectivity index (χ3n) is 7.94. The molecule has 12 nitrogen and oxygen atoms in total. The van der Waals surface area contributed by atoms with Gasteiger partial charge in [-0.25, -0.2) is 0 Å². The van der Waals surface area contributed by atoms with Crippen LogP contribution in [0.3, 0.4) is 0 Å². The van der Waals surface area contributed by atoms with Crippen LogP contribution >= 0.6 is 0 Å². The van der Waals surface area contributed by atoms with Crippen molar-refractivity contribution in [3.63, 3.8) is 0 Å². The third kappa shape index (κ3) is 8.90. The molecule has 1 amide bonds. The molecule has 4 rings (SSSR count). The van der Waals surface area contributed by atoms with Gasteiger partial charge in [-0.3, -0.25) is 9.59 Å². The van der Waals surface area contributed by atoms with E-state index < -0.39 is 54.4 Å². The summed E-state index contributed by atoms with van der Waals surface area (Å²) in [5.74, 6) is 0.325. The lowest BCUT2D eigenvalue weighted by Gasteiger charge is -2.47. The summed E-state index contributed by atoms with van der Waals surface area (Å²) in [7, 11) is 3.20. The maximum atomic E-state index is 12.5. The number of rotatable bonds is 16. The first-order valence-electron chi connectivity index (χ1n) is 15.9. The molecule has 0 bridgehead atoms. The predicted octanol–water partition coefficient (Wildman–Crippen LogP) is 3.26. The molecule has 0 spiro atoms. The highest BCUT2D eigenvalue weighted by molar-refractivity contribution is 5.73. The fraction of sp³-hybridized carbons (Fsp3) is 0.444. The van der Waals surface area contributed by atoms with Gasteiger partial charge in [0.15, 0.2) is 18.7 Å². The van der Waals surface area contributed by atoms with Crippen molar-refractivity contribution in [2.75, 3.05) is 34.0 Å². The van der Waals surface area contributed by atoms with E-state index in [-0.39, 0.29) is 13.2 Å². The smallest absolute Gasteiger partial charge is 0.303 e. The number of nitrogens with two attached hydrogens (primary N) is 1. The lowest BCUT2D eigenvalue weighted by atomic mass is 9.80. The molecular weight excluding hydrogens is 620 g/mol. The zero-order valence-electron chi connectivity index (χ0n) is 28.0. The van der Waals surface area contributed by atoms with Crippen molar-refractivity contribution in [2.24, 2.45) is 5.73 Å². The van der Waals surface area contributed by atoms with Crippen molar-refractivity contribution in [1.82, 2.24) is 5.32 Å². The van der Waals surface area contributed by atoms with Gasteiger partial charge in [-0.2, -0.15) is 0 Å². The van der Waals surface area contributed by atoms with Crippen molar-refractivity contribution in [3.05, 3.63) is 95.6 Å². The molecule has 3 aromatic carbocycles. The van der Waals surface area contributed by atoms with E-state index >= 15 is 0 Å². The Bertz CT molecular complexity index is 1390. The molecule has 0 saturated carbocycles. The highest BCUT2D eigenvalue weighted by atomic mass is 16.7. The van der Waals surface area contributed by atoms with Crippen LogP contribution in [0.4, 0.5) is 0 Å². The minimum atomic E-state index is -1.28. The first kappa shape index (κ1) is 36.8.